The lowest BCUT2D eigenvalue weighted by molar-refractivity contribution is -0.142. The van der Waals surface area contributed by atoms with Crippen LogP contribution in [0.2, 0.25) is 0 Å². The van der Waals surface area contributed by atoms with Gasteiger partial charge in [-0.15, -0.1) is 0 Å². The van der Waals surface area contributed by atoms with E-state index < -0.39 is 0 Å². The van der Waals surface area contributed by atoms with Crippen LogP contribution in [0.4, 0.5) is 0 Å². The van der Waals surface area contributed by atoms with Gasteiger partial charge in [0, 0.05) is 12.0 Å². The van der Waals surface area contributed by atoms with Gasteiger partial charge in [0.1, 0.15) is 0 Å². The summed E-state index contributed by atoms with van der Waals surface area (Å²) in [7, 11) is 0. The van der Waals surface area contributed by atoms with E-state index in [-0.39, 0.29) is 18.4 Å². The maximum atomic E-state index is 11.9. The number of carbonyl (C=O) groups is 2. The van der Waals surface area contributed by atoms with Crippen LogP contribution in [0.3, 0.4) is 0 Å². The van der Waals surface area contributed by atoms with Crippen LogP contribution in [0.25, 0.3) is 0 Å². The number of Topliss-reactive ketones (excluding diaryl/α,β-unsaturated/α-hetero) is 1. The number of hydrogen-bond donors (Lipinski definition) is 0. The molecule has 29 heavy (non-hydrogen) atoms. The van der Waals surface area contributed by atoms with Crippen molar-refractivity contribution in [3.8, 4) is 0 Å². The zero-order valence-electron chi connectivity index (χ0n) is 18.4. The Morgan fingerprint density at radius 2 is 1.31 bits per heavy atom. The molecular formula is C26H40O3. The summed E-state index contributed by atoms with van der Waals surface area (Å²) in [5, 5.41) is 0. The van der Waals surface area contributed by atoms with Crippen LogP contribution in [0.1, 0.15) is 107 Å². The molecule has 0 fully saturated rings. The van der Waals surface area contributed by atoms with Crippen molar-refractivity contribution in [1.29, 1.82) is 0 Å². The molecule has 0 spiro atoms. The van der Waals surface area contributed by atoms with Crippen LogP contribution >= 0.6 is 0 Å². The van der Waals surface area contributed by atoms with Crippen molar-refractivity contribution < 1.29 is 14.3 Å². The summed E-state index contributed by atoms with van der Waals surface area (Å²) in [6, 6.07) is 8.94. The minimum Gasteiger partial charge on any atom is -0.457 e. The van der Waals surface area contributed by atoms with E-state index in [1.807, 2.05) is 6.07 Å². The molecule has 0 bridgehead atoms. The fourth-order valence-corrected chi connectivity index (χ4v) is 3.27. The molecule has 0 amide bonds. The highest BCUT2D eigenvalue weighted by Gasteiger charge is 2.09. The van der Waals surface area contributed by atoms with Gasteiger partial charge in [-0.3, -0.25) is 9.59 Å². The number of esters is 1. The third-order valence-electron chi connectivity index (χ3n) is 5.10. The van der Waals surface area contributed by atoms with Crippen molar-refractivity contribution >= 4 is 11.8 Å². The van der Waals surface area contributed by atoms with Crippen LogP contribution in [-0.4, -0.2) is 18.4 Å². The summed E-state index contributed by atoms with van der Waals surface area (Å²) in [6.07, 6.45) is 21.1. The van der Waals surface area contributed by atoms with E-state index in [1.165, 1.54) is 64.2 Å². The molecule has 3 nitrogen and oxygen atoms in total. The molecule has 1 aromatic carbocycles. The van der Waals surface area contributed by atoms with Gasteiger partial charge in [0.2, 0.25) is 0 Å². The van der Waals surface area contributed by atoms with Crippen LogP contribution < -0.4 is 0 Å². The summed E-state index contributed by atoms with van der Waals surface area (Å²) >= 11 is 0. The van der Waals surface area contributed by atoms with Crippen LogP contribution in [0, 0.1) is 0 Å². The van der Waals surface area contributed by atoms with Gasteiger partial charge in [0.15, 0.2) is 12.4 Å². The maximum absolute atomic E-state index is 11.9. The van der Waals surface area contributed by atoms with Crippen LogP contribution in [0.15, 0.2) is 42.5 Å². The molecular weight excluding hydrogens is 360 g/mol. The summed E-state index contributed by atoms with van der Waals surface area (Å²) < 4.78 is 5.08. The highest BCUT2D eigenvalue weighted by Crippen LogP contribution is 2.11. The second kappa shape index (κ2) is 18.1. The highest BCUT2D eigenvalue weighted by atomic mass is 16.5. The monoisotopic (exact) mass is 400 g/mol. The first kappa shape index (κ1) is 25.1. The van der Waals surface area contributed by atoms with Gasteiger partial charge in [-0.05, 0) is 32.1 Å². The molecule has 0 radical (unpaired) electrons. The Morgan fingerprint density at radius 1 is 0.759 bits per heavy atom. The van der Waals surface area contributed by atoms with E-state index in [1.54, 1.807) is 24.3 Å². The third kappa shape index (κ3) is 14.7. The maximum Gasteiger partial charge on any atom is 0.306 e. The van der Waals surface area contributed by atoms with Crippen LogP contribution in [0.5, 0.6) is 0 Å². The molecule has 3 heteroatoms. The first-order valence-electron chi connectivity index (χ1n) is 11.6. The number of benzene rings is 1. The van der Waals surface area contributed by atoms with Gasteiger partial charge < -0.3 is 4.74 Å². The first-order chi connectivity index (χ1) is 14.2. The lowest BCUT2D eigenvalue weighted by Gasteiger charge is -2.04. The number of ketones is 1. The molecule has 0 saturated carbocycles. The number of unbranched alkanes of at least 4 members (excludes halogenated alkanes) is 11. The largest absolute Gasteiger partial charge is 0.457 e. The van der Waals surface area contributed by atoms with Gasteiger partial charge in [-0.2, -0.15) is 0 Å². The van der Waals surface area contributed by atoms with E-state index in [4.69, 9.17) is 4.74 Å². The predicted octanol–water partition coefficient (Wildman–Crippen LogP) is 7.45. The van der Waals surface area contributed by atoms with Crippen molar-refractivity contribution in [3.05, 3.63) is 48.0 Å². The van der Waals surface area contributed by atoms with E-state index in [2.05, 4.69) is 19.1 Å². The van der Waals surface area contributed by atoms with Gasteiger partial charge in [0.25, 0.3) is 0 Å². The van der Waals surface area contributed by atoms with Gasteiger partial charge in [-0.1, -0.05) is 101 Å². The second-order valence-electron chi connectivity index (χ2n) is 7.78. The SMILES string of the molecule is CCCCCCCC=CCCCCCCCCC(=O)OCC(=O)c1ccccc1. The molecule has 0 aromatic heterocycles. The Kier molecular flexibility index (Phi) is 15.7. The third-order valence-corrected chi connectivity index (χ3v) is 5.10. The Labute approximate surface area is 177 Å². The molecule has 0 saturated heterocycles. The van der Waals surface area contributed by atoms with E-state index >= 15 is 0 Å². The molecule has 0 aliphatic carbocycles. The number of allylic oxidation sites excluding steroid dienone is 2. The number of rotatable bonds is 18. The van der Waals surface area contributed by atoms with E-state index in [9.17, 15) is 9.59 Å². The molecule has 0 aliphatic rings. The van der Waals surface area contributed by atoms with E-state index in [0.717, 1.165) is 19.3 Å². The minimum atomic E-state index is -0.269. The quantitative estimate of drug-likeness (QED) is 0.111. The molecule has 0 unspecified atom stereocenters. The van der Waals surface area contributed by atoms with Crippen LogP contribution in [-0.2, 0) is 9.53 Å². The number of ether oxygens (including phenoxy) is 1. The molecule has 0 atom stereocenters. The molecule has 0 heterocycles. The van der Waals surface area contributed by atoms with Crippen molar-refractivity contribution in [3.63, 3.8) is 0 Å². The fourth-order valence-electron chi connectivity index (χ4n) is 3.27. The highest BCUT2D eigenvalue weighted by molar-refractivity contribution is 5.97. The first-order valence-corrected chi connectivity index (χ1v) is 11.6. The van der Waals surface area contributed by atoms with Gasteiger partial charge in [0.05, 0.1) is 0 Å². The Balaban J connectivity index is 1.87. The van der Waals surface area contributed by atoms with Gasteiger partial charge in [-0.25, -0.2) is 0 Å². The lowest BCUT2D eigenvalue weighted by Crippen LogP contribution is -2.13. The topological polar surface area (TPSA) is 43.4 Å². The molecule has 0 aliphatic heterocycles. The summed E-state index contributed by atoms with van der Waals surface area (Å²) in [5.74, 6) is -0.418. The van der Waals surface area contributed by atoms with Crippen molar-refractivity contribution in [2.45, 2.75) is 96.8 Å². The normalized spacial score (nSPS) is 11.1. The average molecular weight is 401 g/mol. The Hall–Kier alpha value is -1.90. The van der Waals surface area contributed by atoms with Crippen molar-refractivity contribution in [2.24, 2.45) is 0 Å². The second-order valence-corrected chi connectivity index (χ2v) is 7.78. The zero-order chi connectivity index (χ0) is 21.0. The van der Waals surface area contributed by atoms with E-state index in [0.29, 0.717) is 12.0 Å². The minimum absolute atomic E-state index is 0.149. The predicted molar refractivity (Wildman–Crippen MR) is 121 cm³/mol. The smallest absolute Gasteiger partial charge is 0.306 e. The molecule has 1 rings (SSSR count). The zero-order valence-corrected chi connectivity index (χ0v) is 18.4. The molecule has 1 aromatic rings. The standard InChI is InChI=1S/C26H40O3/c1-2-3-4-5-6-7-8-9-10-11-12-13-14-15-19-22-26(28)29-23-25(27)24-20-17-16-18-21-24/h8-9,16-18,20-21H,2-7,10-15,19,22-23H2,1H3. The van der Waals surface area contributed by atoms with Gasteiger partial charge >= 0.3 is 5.97 Å². The summed E-state index contributed by atoms with van der Waals surface area (Å²) in [4.78, 5) is 23.6. The fraction of sp³-hybridized carbons (Fsp3) is 0.615. The van der Waals surface area contributed by atoms with Crippen molar-refractivity contribution in [1.82, 2.24) is 0 Å². The molecule has 162 valence electrons. The number of carbonyl (C=O) groups excluding carboxylic acids is 2. The average Bonchev–Trinajstić information content (AvgIpc) is 2.75. The Morgan fingerprint density at radius 3 is 1.93 bits per heavy atom. The van der Waals surface area contributed by atoms with Crippen molar-refractivity contribution in [2.75, 3.05) is 6.61 Å². The summed E-state index contributed by atoms with van der Waals surface area (Å²) in [5.41, 5.74) is 0.585. The lowest BCUT2D eigenvalue weighted by atomic mass is 10.1. The Bertz CT molecular complexity index is 563. The number of hydrogen-bond acceptors (Lipinski definition) is 3. The summed E-state index contributed by atoms with van der Waals surface area (Å²) in [6.45, 7) is 2.10. The molecule has 0 N–H and O–H groups in total.